The van der Waals surface area contributed by atoms with E-state index in [9.17, 15) is 22.4 Å². The summed E-state index contributed by atoms with van der Waals surface area (Å²) in [6, 6.07) is 7.67. The highest BCUT2D eigenvalue weighted by molar-refractivity contribution is 7.92. The van der Waals surface area contributed by atoms with Crippen LogP contribution in [0.4, 0.5) is 10.1 Å². The van der Waals surface area contributed by atoms with Gasteiger partial charge in [0.15, 0.2) is 5.78 Å². The highest BCUT2D eigenvalue weighted by atomic mass is 32.2. The number of fused-ring (bicyclic) bond motifs is 2. The molecule has 4 rings (SSSR count). The fourth-order valence-electron chi connectivity index (χ4n) is 2.96. The van der Waals surface area contributed by atoms with E-state index in [0.29, 0.717) is 11.0 Å². The number of sulfonamides is 1. The number of ketones is 1. The molecule has 0 unspecified atom stereocenters. The van der Waals surface area contributed by atoms with Crippen LogP contribution in [0, 0.1) is 5.82 Å². The third kappa shape index (κ3) is 2.43. The van der Waals surface area contributed by atoms with Gasteiger partial charge in [0.2, 0.25) is 0 Å². The van der Waals surface area contributed by atoms with E-state index in [2.05, 4.69) is 9.97 Å². The maximum absolute atomic E-state index is 13.4. The van der Waals surface area contributed by atoms with Crippen molar-refractivity contribution >= 4 is 32.5 Å². The van der Waals surface area contributed by atoms with Gasteiger partial charge in [0.25, 0.3) is 10.0 Å². The minimum Gasteiger partial charge on any atom is -0.306 e. The first-order valence-corrected chi connectivity index (χ1v) is 8.88. The summed E-state index contributed by atoms with van der Waals surface area (Å²) in [6.45, 7) is -0.0263. The number of rotatable bonds is 2. The van der Waals surface area contributed by atoms with Crippen LogP contribution in [0.1, 0.15) is 16.8 Å². The van der Waals surface area contributed by atoms with Crippen molar-refractivity contribution in [1.82, 2.24) is 9.97 Å². The van der Waals surface area contributed by atoms with Gasteiger partial charge in [0, 0.05) is 18.5 Å². The number of aromatic nitrogens is 2. The Hall–Kier alpha value is -2.94. The number of H-pyrrole nitrogens is 2. The average molecular weight is 361 g/mol. The number of carbonyl (C=O) groups is 1. The number of nitrogens with zero attached hydrogens (tertiary/aromatic N) is 1. The van der Waals surface area contributed by atoms with Gasteiger partial charge in [0.05, 0.1) is 21.6 Å². The van der Waals surface area contributed by atoms with Crippen LogP contribution in [-0.2, 0) is 10.0 Å². The van der Waals surface area contributed by atoms with Gasteiger partial charge < -0.3 is 9.97 Å². The predicted molar refractivity (Wildman–Crippen MR) is 88.8 cm³/mol. The van der Waals surface area contributed by atoms with Crippen LogP contribution in [0.5, 0.6) is 0 Å². The smallest absolute Gasteiger partial charge is 0.306 e. The predicted octanol–water partition coefficient (Wildman–Crippen LogP) is 1.78. The number of anilines is 1. The van der Waals surface area contributed by atoms with Gasteiger partial charge in [-0.2, -0.15) is 0 Å². The monoisotopic (exact) mass is 361 g/mol. The molecule has 2 heterocycles. The molecule has 0 amide bonds. The number of halogens is 1. The zero-order valence-corrected chi connectivity index (χ0v) is 13.6. The fourth-order valence-corrected chi connectivity index (χ4v) is 4.47. The second-order valence-electron chi connectivity index (χ2n) is 5.70. The van der Waals surface area contributed by atoms with Crippen molar-refractivity contribution in [3.8, 4) is 0 Å². The summed E-state index contributed by atoms with van der Waals surface area (Å²) in [4.78, 5) is 28.4. The van der Waals surface area contributed by atoms with Crippen molar-refractivity contribution in [2.24, 2.45) is 0 Å². The van der Waals surface area contributed by atoms with E-state index >= 15 is 0 Å². The number of aromatic amines is 2. The Labute approximate surface area is 141 Å². The normalized spacial score (nSPS) is 14.8. The van der Waals surface area contributed by atoms with Crippen LogP contribution < -0.4 is 9.99 Å². The lowest BCUT2D eigenvalue weighted by Crippen LogP contribution is -2.37. The lowest BCUT2D eigenvalue weighted by atomic mass is 10.0. The van der Waals surface area contributed by atoms with E-state index in [1.54, 1.807) is 0 Å². The number of carbonyl (C=O) groups excluding carboxylic acids is 1. The van der Waals surface area contributed by atoms with Gasteiger partial charge in [0.1, 0.15) is 5.82 Å². The molecular formula is C16H12FN3O4S. The molecule has 0 fully saturated rings. The molecule has 0 saturated carbocycles. The van der Waals surface area contributed by atoms with Gasteiger partial charge in [-0.05, 0) is 36.4 Å². The molecule has 0 aliphatic carbocycles. The summed E-state index contributed by atoms with van der Waals surface area (Å²) < 4.78 is 40.5. The van der Waals surface area contributed by atoms with Crippen LogP contribution in [0.15, 0.2) is 46.1 Å². The molecule has 1 aliphatic rings. The molecular weight excluding hydrogens is 349 g/mol. The lowest BCUT2D eigenvalue weighted by Gasteiger charge is -2.29. The van der Waals surface area contributed by atoms with Gasteiger partial charge >= 0.3 is 5.69 Å². The summed E-state index contributed by atoms with van der Waals surface area (Å²) in [6.07, 6.45) is -0.0289. The number of imidazole rings is 1. The van der Waals surface area contributed by atoms with Crippen LogP contribution in [-0.4, -0.2) is 30.7 Å². The molecule has 9 heteroatoms. The van der Waals surface area contributed by atoms with E-state index in [1.807, 2.05) is 0 Å². The van der Waals surface area contributed by atoms with Crippen molar-refractivity contribution in [1.29, 1.82) is 0 Å². The fraction of sp³-hybridized carbons (Fsp3) is 0.125. The standard InChI is InChI=1S/C16H12FN3O4S/c17-9-1-4-14-11(7-9)15(21)5-6-20(14)25(23,24)10-2-3-12-13(8-10)19-16(22)18-12/h1-4,7-8H,5-6H2,(H2,18,19,22). The molecule has 1 aromatic heterocycles. The Balaban J connectivity index is 1.86. The van der Waals surface area contributed by atoms with Gasteiger partial charge in [-0.1, -0.05) is 0 Å². The Kier molecular flexibility index (Phi) is 3.29. The minimum atomic E-state index is -3.97. The molecule has 25 heavy (non-hydrogen) atoms. The number of hydrogen-bond donors (Lipinski definition) is 2. The van der Waals surface area contributed by atoms with E-state index < -0.39 is 21.5 Å². The molecule has 0 atom stereocenters. The molecule has 2 aromatic carbocycles. The first kappa shape index (κ1) is 15.6. The molecule has 2 N–H and O–H groups in total. The van der Waals surface area contributed by atoms with Crippen molar-refractivity contribution in [2.45, 2.75) is 11.3 Å². The number of hydrogen-bond acceptors (Lipinski definition) is 4. The molecule has 0 bridgehead atoms. The largest absolute Gasteiger partial charge is 0.323 e. The SMILES string of the molecule is O=C1CCN(S(=O)(=O)c2ccc3[nH]c(=O)[nH]c3c2)c2ccc(F)cc21. The van der Waals surface area contributed by atoms with Crippen molar-refractivity contribution in [3.63, 3.8) is 0 Å². The maximum atomic E-state index is 13.4. The average Bonchev–Trinajstić information content (AvgIpc) is 2.94. The summed E-state index contributed by atoms with van der Waals surface area (Å²) in [7, 11) is -3.97. The Bertz CT molecular complexity index is 1180. The van der Waals surface area contributed by atoms with E-state index in [0.717, 1.165) is 16.4 Å². The first-order chi connectivity index (χ1) is 11.9. The van der Waals surface area contributed by atoms with Crippen molar-refractivity contribution in [3.05, 3.63) is 58.3 Å². The number of nitrogens with one attached hydrogen (secondary N) is 2. The Morgan fingerprint density at radius 3 is 2.56 bits per heavy atom. The Morgan fingerprint density at radius 1 is 1.00 bits per heavy atom. The third-order valence-electron chi connectivity index (χ3n) is 4.15. The molecule has 1 aliphatic heterocycles. The van der Waals surface area contributed by atoms with Crippen LogP contribution in [0.2, 0.25) is 0 Å². The quantitative estimate of drug-likeness (QED) is 0.726. The van der Waals surface area contributed by atoms with E-state index in [4.69, 9.17) is 0 Å². The zero-order valence-electron chi connectivity index (χ0n) is 12.7. The van der Waals surface area contributed by atoms with Crippen LogP contribution in [0.3, 0.4) is 0 Å². The first-order valence-electron chi connectivity index (χ1n) is 7.44. The van der Waals surface area contributed by atoms with Crippen molar-refractivity contribution < 1.29 is 17.6 Å². The lowest BCUT2D eigenvalue weighted by molar-refractivity contribution is 0.0981. The van der Waals surface area contributed by atoms with Gasteiger partial charge in [-0.15, -0.1) is 0 Å². The molecule has 7 nitrogen and oxygen atoms in total. The zero-order chi connectivity index (χ0) is 17.8. The number of Topliss-reactive ketones (excluding diaryl/α,β-unsaturated/α-hetero) is 1. The molecule has 0 radical (unpaired) electrons. The second kappa shape index (κ2) is 5.28. The van der Waals surface area contributed by atoms with E-state index in [1.165, 1.54) is 24.3 Å². The Morgan fingerprint density at radius 2 is 1.76 bits per heavy atom. The highest BCUT2D eigenvalue weighted by Crippen LogP contribution is 2.32. The van der Waals surface area contributed by atoms with Crippen molar-refractivity contribution in [2.75, 3.05) is 10.8 Å². The molecule has 0 spiro atoms. The van der Waals surface area contributed by atoms with Crippen LogP contribution in [0.25, 0.3) is 11.0 Å². The topological polar surface area (TPSA) is 103 Å². The molecule has 128 valence electrons. The molecule has 3 aromatic rings. The summed E-state index contributed by atoms with van der Waals surface area (Å²) in [5.74, 6) is -0.899. The maximum Gasteiger partial charge on any atom is 0.323 e. The van der Waals surface area contributed by atoms with E-state index in [-0.39, 0.29) is 34.9 Å². The molecule has 0 saturated heterocycles. The number of benzene rings is 2. The second-order valence-corrected chi connectivity index (χ2v) is 7.56. The van der Waals surface area contributed by atoms with Crippen LogP contribution >= 0.6 is 0 Å². The van der Waals surface area contributed by atoms with Gasteiger partial charge in [-0.25, -0.2) is 17.6 Å². The third-order valence-corrected chi connectivity index (χ3v) is 5.95. The summed E-state index contributed by atoms with van der Waals surface area (Å²) >= 11 is 0. The summed E-state index contributed by atoms with van der Waals surface area (Å²) in [5.41, 5.74) is 0.610. The highest BCUT2D eigenvalue weighted by Gasteiger charge is 2.32. The van der Waals surface area contributed by atoms with Gasteiger partial charge in [-0.3, -0.25) is 9.10 Å². The minimum absolute atomic E-state index is 0.0263. The summed E-state index contributed by atoms with van der Waals surface area (Å²) in [5, 5.41) is 0.